The number of allylic oxidation sites excluding steroid dienone is 12. The Morgan fingerprint density at radius 1 is 0.907 bits per heavy atom. The Bertz CT molecular complexity index is 1710. The number of aryl methyl sites for hydroxylation is 1. The predicted molar refractivity (Wildman–Crippen MR) is 182 cm³/mol. The van der Waals surface area contributed by atoms with Gasteiger partial charge >= 0.3 is 0 Å². The number of benzene rings is 3. The van der Waals surface area contributed by atoms with Crippen molar-refractivity contribution in [1.82, 2.24) is 15.6 Å². The van der Waals surface area contributed by atoms with E-state index in [-0.39, 0.29) is 6.17 Å². The molecule has 1 fully saturated rings. The van der Waals surface area contributed by atoms with Crippen molar-refractivity contribution < 1.29 is 0 Å². The SMILES string of the molecule is C=C/C(=C\C=C(/CC)C1=CCCC=C1)N1NC(c2cc3ccccc3cc2C)N1CC1=CCC=C(c2ccccc2)C=C1. The van der Waals surface area contributed by atoms with Crippen molar-refractivity contribution in [2.45, 2.75) is 45.7 Å². The highest BCUT2D eigenvalue weighted by molar-refractivity contribution is 5.84. The topological polar surface area (TPSA) is 18.5 Å². The minimum atomic E-state index is 0.0469. The summed E-state index contributed by atoms with van der Waals surface area (Å²) in [7, 11) is 0. The lowest BCUT2D eigenvalue weighted by atomic mass is 9.97. The molecule has 1 atom stereocenters. The largest absolute Gasteiger partial charge is 0.235 e. The van der Waals surface area contributed by atoms with Crippen LogP contribution in [0, 0.1) is 6.92 Å². The molecule has 2 aliphatic carbocycles. The normalized spacial score (nSPS) is 19.4. The molecule has 6 rings (SSSR count). The molecule has 3 aromatic rings. The van der Waals surface area contributed by atoms with Gasteiger partial charge in [0.1, 0.15) is 6.17 Å². The summed E-state index contributed by atoms with van der Waals surface area (Å²) in [6, 6.07) is 23.9. The molecule has 43 heavy (non-hydrogen) atoms. The van der Waals surface area contributed by atoms with Gasteiger partial charge < -0.3 is 0 Å². The Kier molecular flexibility index (Phi) is 8.83. The van der Waals surface area contributed by atoms with Gasteiger partial charge in [-0.15, -0.1) is 0 Å². The zero-order valence-corrected chi connectivity index (χ0v) is 25.3. The van der Waals surface area contributed by atoms with Gasteiger partial charge in [-0.25, -0.2) is 5.12 Å². The molecule has 216 valence electrons. The highest BCUT2D eigenvalue weighted by atomic mass is 15.9. The Labute approximate surface area is 256 Å². The lowest BCUT2D eigenvalue weighted by molar-refractivity contribution is -0.201. The second kappa shape index (κ2) is 13.2. The first-order valence-corrected chi connectivity index (χ1v) is 15.5. The van der Waals surface area contributed by atoms with Gasteiger partial charge in [0.15, 0.2) is 0 Å². The Morgan fingerprint density at radius 2 is 1.70 bits per heavy atom. The van der Waals surface area contributed by atoms with E-state index in [0.29, 0.717) is 0 Å². The smallest absolute Gasteiger partial charge is 0.124 e. The number of fused-ring (bicyclic) bond motifs is 1. The van der Waals surface area contributed by atoms with Crippen LogP contribution in [0.4, 0.5) is 0 Å². The van der Waals surface area contributed by atoms with Crippen molar-refractivity contribution in [3.63, 3.8) is 0 Å². The highest BCUT2D eigenvalue weighted by Gasteiger charge is 2.39. The Morgan fingerprint density at radius 3 is 2.44 bits per heavy atom. The molecule has 0 saturated carbocycles. The fraction of sp³-hybridized carbons (Fsp3) is 0.200. The Hall–Kier alpha value is -4.44. The summed E-state index contributed by atoms with van der Waals surface area (Å²) in [5.41, 5.74) is 13.9. The fourth-order valence-electron chi connectivity index (χ4n) is 6.10. The van der Waals surface area contributed by atoms with Gasteiger partial charge in [0.25, 0.3) is 0 Å². The van der Waals surface area contributed by atoms with Crippen LogP contribution in [0.1, 0.15) is 55.5 Å². The average Bonchev–Trinajstić information content (AvgIpc) is 3.29. The standard InChI is InChI=1S/C40H41N3/c1-4-32(33-16-8-6-9-17-33)25-26-38(5-2)43-41-40(39-28-37-21-13-12-20-36(37)27-30(39)3)42(43)29-31-15-14-22-35(24-23-31)34-18-10-7-11-19-34/h5,7-8,10-13,15-28,40-41H,2,4,6,9,14,29H2,1,3H3/b32-25+,38-26+. The van der Waals surface area contributed by atoms with Crippen LogP contribution < -0.4 is 5.43 Å². The summed E-state index contributed by atoms with van der Waals surface area (Å²) < 4.78 is 0. The first-order chi connectivity index (χ1) is 21.1. The average molecular weight is 564 g/mol. The molecular formula is C40H41N3. The van der Waals surface area contributed by atoms with Gasteiger partial charge in [-0.2, -0.15) is 10.4 Å². The number of hydrogen-bond donors (Lipinski definition) is 1. The maximum atomic E-state index is 4.20. The maximum absolute atomic E-state index is 4.20. The minimum absolute atomic E-state index is 0.0469. The van der Waals surface area contributed by atoms with E-state index in [4.69, 9.17) is 0 Å². The quantitative estimate of drug-likeness (QED) is 0.261. The molecule has 3 nitrogen and oxygen atoms in total. The van der Waals surface area contributed by atoms with Gasteiger partial charge in [0, 0.05) is 6.54 Å². The van der Waals surface area contributed by atoms with E-state index in [0.717, 1.165) is 37.9 Å². The predicted octanol–water partition coefficient (Wildman–Crippen LogP) is 9.84. The van der Waals surface area contributed by atoms with E-state index in [9.17, 15) is 0 Å². The van der Waals surface area contributed by atoms with Crippen molar-refractivity contribution in [2.24, 2.45) is 0 Å². The first-order valence-electron chi connectivity index (χ1n) is 15.5. The zero-order valence-electron chi connectivity index (χ0n) is 25.3. The molecule has 1 aliphatic heterocycles. The van der Waals surface area contributed by atoms with Gasteiger partial charge in [-0.05, 0) is 101 Å². The van der Waals surface area contributed by atoms with Crippen LogP contribution in [0.3, 0.4) is 0 Å². The third-order valence-electron chi connectivity index (χ3n) is 8.53. The second-order valence-corrected chi connectivity index (χ2v) is 11.4. The molecule has 1 saturated heterocycles. The summed E-state index contributed by atoms with van der Waals surface area (Å²) in [6.07, 6.45) is 26.7. The van der Waals surface area contributed by atoms with E-state index in [1.54, 1.807) is 0 Å². The number of rotatable bonds is 9. The third kappa shape index (κ3) is 6.34. The van der Waals surface area contributed by atoms with Crippen LogP contribution in [-0.4, -0.2) is 16.7 Å². The molecular weight excluding hydrogens is 522 g/mol. The number of nitrogens with one attached hydrogen (secondary N) is 1. The van der Waals surface area contributed by atoms with Gasteiger partial charge in [-0.1, -0.05) is 123 Å². The number of hydrogen-bond acceptors (Lipinski definition) is 3. The van der Waals surface area contributed by atoms with Crippen LogP contribution >= 0.6 is 0 Å². The van der Waals surface area contributed by atoms with Gasteiger partial charge in [0.2, 0.25) is 0 Å². The lowest BCUT2D eigenvalue weighted by Gasteiger charge is -2.53. The van der Waals surface area contributed by atoms with Crippen LogP contribution in [0.5, 0.6) is 0 Å². The molecule has 0 bridgehead atoms. The van der Waals surface area contributed by atoms with Crippen molar-refractivity contribution in [2.75, 3.05) is 6.54 Å². The maximum Gasteiger partial charge on any atom is 0.124 e. The van der Waals surface area contributed by atoms with Crippen molar-refractivity contribution in [3.05, 3.63) is 173 Å². The minimum Gasteiger partial charge on any atom is -0.235 e. The van der Waals surface area contributed by atoms with E-state index < -0.39 is 0 Å². The number of nitrogens with zero attached hydrogens (tertiary/aromatic N) is 2. The van der Waals surface area contributed by atoms with E-state index in [1.165, 1.54) is 49.8 Å². The summed E-state index contributed by atoms with van der Waals surface area (Å²) in [6.45, 7) is 9.43. The van der Waals surface area contributed by atoms with Crippen LogP contribution in [0.2, 0.25) is 0 Å². The first kappa shape index (κ1) is 28.7. The monoisotopic (exact) mass is 563 g/mol. The molecule has 1 unspecified atom stereocenters. The summed E-state index contributed by atoms with van der Waals surface area (Å²) in [4.78, 5) is 0. The zero-order chi connectivity index (χ0) is 29.6. The van der Waals surface area contributed by atoms with E-state index in [1.807, 2.05) is 6.08 Å². The summed E-state index contributed by atoms with van der Waals surface area (Å²) in [5, 5.41) is 7.13. The molecule has 1 heterocycles. The molecule has 3 aliphatic rings. The van der Waals surface area contributed by atoms with Crippen LogP contribution in [-0.2, 0) is 0 Å². The fourth-order valence-corrected chi connectivity index (χ4v) is 6.10. The molecule has 3 heteroatoms. The van der Waals surface area contributed by atoms with Crippen LogP contribution in [0.25, 0.3) is 16.3 Å². The summed E-state index contributed by atoms with van der Waals surface area (Å²) in [5.74, 6) is 0. The lowest BCUT2D eigenvalue weighted by Crippen LogP contribution is -2.67. The molecule has 3 aromatic carbocycles. The molecule has 0 aromatic heterocycles. The molecule has 0 spiro atoms. The van der Waals surface area contributed by atoms with Crippen molar-refractivity contribution in [1.29, 1.82) is 0 Å². The molecule has 0 amide bonds. The van der Waals surface area contributed by atoms with E-state index >= 15 is 0 Å². The van der Waals surface area contributed by atoms with E-state index in [2.05, 4.69) is 157 Å². The van der Waals surface area contributed by atoms with Crippen LogP contribution in [0.15, 0.2) is 156 Å². The Balaban J connectivity index is 1.31. The van der Waals surface area contributed by atoms with Crippen molar-refractivity contribution in [3.8, 4) is 0 Å². The summed E-state index contributed by atoms with van der Waals surface area (Å²) >= 11 is 0. The van der Waals surface area contributed by atoms with Crippen molar-refractivity contribution >= 4 is 16.3 Å². The van der Waals surface area contributed by atoms with Gasteiger partial charge in [0.05, 0.1) is 5.70 Å². The molecule has 1 N–H and O–H groups in total. The second-order valence-electron chi connectivity index (χ2n) is 11.4. The van der Waals surface area contributed by atoms with Gasteiger partial charge in [-0.3, -0.25) is 0 Å². The number of hydrazine groups is 2. The molecule has 0 radical (unpaired) electrons. The third-order valence-corrected chi connectivity index (χ3v) is 8.53. The highest BCUT2D eigenvalue weighted by Crippen LogP contribution is 2.36.